The summed E-state index contributed by atoms with van der Waals surface area (Å²) >= 11 is 0.936. The second kappa shape index (κ2) is 7.75. The fourth-order valence-electron chi connectivity index (χ4n) is 2.23. The predicted octanol–water partition coefficient (Wildman–Crippen LogP) is 1.99. The minimum atomic E-state index is -3.93. The van der Waals surface area contributed by atoms with E-state index in [1.54, 1.807) is 20.8 Å². The number of hydrogen-bond donors (Lipinski definition) is 3. The maximum atomic E-state index is 12.4. The Bertz CT molecular complexity index is 1100. The van der Waals surface area contributed by atoms with Gasteiger partial charge in [-0.15, -0.1) is 11.3 Å². The van der Waals surface area contributed by atoms with E-state index in [-0.39, 0.29) is 21.3 Å². The Kier molecular flexibility index (Phi) is 6.16. The summed E-state index contributed by atoms with van der Waals surface area (Å²) in [6, 6.07) is 6.41. The molecule has 154 valence electrons. The van der Waals surface area contributed by atoms with E-state index in [2.05, 4.69) is 10.0 Å². The Hall–Kier alpha value is -2.06. The minimum Gasteiger partial charge on any atom is -0.375 e. The van der Waals surface area contributed by atoms with Gasteiger partial charge in [0.2, 0.25) is 20.0 Å². The highest BCUT2D eigenvalue weighted by atomic mass is 32.2. The largest absolute Gasteiger partial charge is 0.375 e. The molecule has 0 fully saturated rings. The van der Waals surface area contributed by atoms with Crippen molar-refractivity contribution in [2.45, 2.75) is 42.0 Å². The maximum Gasteiger partial charge on any atom is 0.293 e. The lowest BCUT2D eigenvalue weighted by atomic mass is 10.1. The molecule has 4 N–H and O–H groups in total. The summed E-state index contributed by atoms with van der Waals surface area (Å²) in [6.07, 6.45) is 0. The Balaban J connectivity index is 2.28. The van der Waals surface area contributed by atoms with Gasteiger partial charge in [0.1, 0.15) is 9.90 Å². The normalized spacial score (nSPS) is 12.7. The number of nitrogens with zero attached hydrogens (tertiary/aromatic N) is 1. The van der Waals surface area contributed by atoms with Crippen molar-refractivity contribution in [1.82, 2.24) is 4.72 Å². The third-order valence-electron chi connectivity index (χ3n) is 3.29. The van der Waals surface area contributed by atoms with E-state index >= 15 is 0 Å². The lowest BCUT2D eigenvalue weighted by molar-refractivity contribution is -0.384. The van der Waals surface area contributed by atoms with Crippen LogP contribution >= 0.6 is 11.3 Å². The zero-order valence-corrected chi connectivity index (χ0v) is 17.7. The van der Waals surface area contributed by atoms with Gasteiger partial charge in [-0.05, 0) is 45.0 Å². The number of anilines is 1. The second-order valence-corrected chi connectivity index (χ2v) is 11.5. The van der Waals surface area contributed by atoms with E-state index in [9.17, 15) is 26.9 Å². The number of nitrogens with two attached hydrogens (primary N) is 1. The predicted molar refractivity (Wildman–Crippen MR) is 106 cm³/mol. The van der Waals surface area contributed by atoms with Crippen LogP contribution in [0.5, 0.6) is 0 Å². The van der Waals surface area contributed by atoms with E-state index in [1.807, 2.05) is 0 Å². The van der Waals surface area contributed by atoms with Crippen LogP contribution in [0.3, 0.4) is 0 Å². The highest BCUT2D eigenvalue weighted by Gasteiger charge is 2.25. The smallest absolute Gasteiger partial charge is 0.293 e. The van der Waals surface area contributed by atoms with Gasteiger partial charge >= 0.3 is 0 Å². The molecule has 0 radical (unpaired) electrons. The summed E-state index contributed by atoms with van der Waals surface area (Å²) in [4.78, 5) is 11.1. The summed E-state index contributed by atoms with van der Waals surface area (Å²) in [5, 5.41) is 19.3. The molecule has 13 heteroatoms. The van der Waals surface area contributed by atoms with Crippen molar-refractivity contribution >= 4 is 42.8 Å². The van der Waals surface area contributed by atoms with Crippen molar-refractivity contribution < 1.29 is 21.8 Å². The SMILES string of the molecule is CC(C)(C)NS(=O)(=O)c1ccc(NCc2ccc(S(N)(=O)=O)s2)c([N+](=O)[O-])c1. The zero-order chi connectivity index (χ0) is 21.3. The third kappa shape index (κ3) is 5.72. The van der Waals surface area contributed by atoms with Crippen LogP contribution in [0.2, 0.25) is 0 Å². The van der Waals surface area contributed by atoms with Crippen molar-refractivity contribution in [3.05, 3.63) is 45.3 Å². The second-order valence-electron chi connectivity index (χ2n) is 6.91. The van der Waals surface area contributed by atoms with Gasteiger partial charge in [-0.1, -0.05) is 0 Å². The van der Waals surface area contributed by atoms with Crippen molar-refractivity contribution in [1.29, 1.82) is 0 Å². The first-order chi connectivity index (χ1) is 12.7. The van der Waals surface area contributed by atoms with Crippen LogP contribution in [0, 0.1) is 10.1 Å². The Morgan fingerprint density at radius 1 is 1.14 bits per heavy atom. The van der Waals surface area contributed by atoms with Gasteiger partial charge in [0.05, 0.1) is 9.82 Å². The highest BCUT2D eigenvalue weighted by Crippen LogP contribution is 2.29. The van der Waals surface area contributed by atoms with Gasteiger partial charge in [-0.3, -0.25) is 10.1 Å². The van der Waals surface area contributed by atoms with Gasteiger partial charge in [0.15, 0.2) is 0 Å². The van der Waals surface area contributed by atoms with Gasteiger partial charge in [0.25, 0.3) is 5.69 Å². The fraction of sp³-hybridized carbons (Fsp3) is 0.333. The number of primary sulfonamides is 1. The van der Waals surface area contributed by atoms with Gasteiger partial charge in [-0.2, -0.15) is 0 Å². The molecule has 0 aliphatic carbocycles. The molecule has 0 saturated heterocycles. The quantitative estimate of drug-likeness (QED) is 0.431. The molecule has 0 saturated carbocycles. The number of hydrogen-bond acceptors (Lipinski definition) is 8. The average molecular weight is 449 g/mol. The minimum absolute atomic E-state index is 0.0199. The molecule has 1 aromatic heterocycles. The lowest BCUT2D eigenvalue weighted by Gasteiger charge is -2.20. The van der Waals surface area contributed by atoms with Gasteiger partial charge in [-0.25, -0.2) is 26.7 Å². The van der Waals surface area contributed by atoms with Gasteiger partial charge in [0, 0.05) is 23.0 Å². The summed E-state index contributed by atoms with van der Waals surface area (Å²) in [6.45, 7) is 5.08. The van der Waals surface area contributed by atoms with Crippen LogP contribution in [-0.2, 0) is 26.6 Å². The summed E-state index contributed by atoms with van der Waals surface area (Å²) in [7, 11) is -7.75. The molecule has 10 nitrogen and oxygen atoms in total. The fourth-order valence-corrected chi connectivity index (χ4v) is 5.39. The highest BCUT2D eigenvalue weighted by molar-refractivity contribution is 7.91. The lowest BCUT2D eigenvalue weighted by Crippen LogP contribution is -2.40. The van der Waals surface area contributed by atoms with Gasteiger partial charge < -0.3 is 5.32 Å². The van der Waals surface area contributed by atoms with Crippen molar-refractivity contribution in [2.24, 2.45) is 5.14 Å². The van der Waals surface area contributed by atoms with Crippen molar-refractivity contribution in [3.8, 4) is 0 Å². The molecule has 1 aromatic carbocycles. The topological polar surface area (TPSA) is 162 Å². The Labute approximate surface area is 167 Å². The van der Waals surface area contributed by atoms with Crippen LogP contribution in [0.1, 0.15) is 25.6 Å². The Morgan fingerprint density at radius 3 is 2.29 bits per heavy atom. The van der Waals surface area contributed by atoms with E-state index in [0.717, 1.165) is 17.4 Å². The number of nitro groups is 1. The number of sulfonamides is 2. The maximum absolute atomic E-state index is 12.4. The molecule has 2 aromatic rings. The van der Waals surface area contributed by atoms with Crippen LogP contribution in [-0.4, -0.2) is 27.3 Å². The number of benzene rings is 1. The standard InChI is InChI=1S/C15H20N4O6S3/c1-15(2,3)18-28(24,25)11-5-6-12(13(8-11)19(20)21)17-9-10-4-7-14(26-10)27(16,22)23/h4-8,17-18H,9H2,1-3H3,(H2,16,22,23). The number of nitrogens with one attached hydrogen (secondary N) is 2. The molecular weight excluding hydrogens is 428 g/mol. The summed E-state index contributed by atoms with van der Waals surface area (Å²) in [5.74, 6) is 0. The zero-order valence-electron chi connectivity index (χ0n) is 15.3. The van der Waals surface area contributed by atoms with Crippen LogP contribution in [0.15, 0.2) is 39.4 Å². The van der Waals surface area contributed by atoms with Crippen LogP contribution in [0.25, 0.3) is 0 Å². The molecular formula is C15H20N4O6S3. The summed E-state index contributed by atoms with van der Waals surface area (Å²) < 4.78 is 49.8. The molecule has 0 atom stereocenters. The number of nitro benzene ring substituents is 1. The number of thiophene rings is 1. The van der Waals surface area contributed by atoms with E-state index < -0.39 is 36.2 Å². The number of rotatable bonds is 7. The Morgan fingerprint density at radius 2 is 1.79 bits per heavy atom. The molecule has 0 unspecified atom stereocenters. The van der Waals surface area contributed by atoms with Crippen molar-refractivity contribution in [3.63, 3.8) is 0 Å². The van der Waals surface area contributed by atoms with Crippen LogP contribution in [0.4, 0.5) is 11.4 Å². The third-order valence-corrected chi connectivity index (χ3v) is 7.57. The molecule has 2 rings (SSSR count). The average Bonchev–Trinajstić information content (AvgIpc) is 2.99. The first kappa shape index (κ1) is 22.2. The molecule has 1 heterocycles. The molecule has 0 spiro atoms. The first-order valence-electron chi connectivity index (χ1n) is 7.87. The molecule has 0 aliphatic rings. The molecule has 0 bridgehead atoms. The molecule has 0 amide bonds. The van der Waals surface area contributed by atoms with E-state index in [1.165, 1.54) is 24.3 Å². The molecule has 28 heavy (non-hydrogen) atoms. The van der Waals surface area contributed by atoms with E-state index in [0.29, 0.717) is 4.88 Å². The van der Waals surface area contributed by atoms with E-state index in [4.69, 9.17) is 5.14 Å². The first-order valence-corrected chi connectivity index (χ1v) is 11.7. The van der Waals surface area contributed by atoms with Crippen LogP contribution < -0.4 is 15.2 Å². The van der Waals surface area contributed by atoms with Crippen molar-refractivity contribution in [2.75, 3.05) is 5.32 Å². The molecule has 0 aliphatic heterocycles. The summed E-state index contributed by atoms with van der Waals surface area (Å²) in [5.41, 5.74) is -1.06. The monoisotopic (exact) mass is 448 g/mol.